The maximum absolute atomic E-state index is 11.8. The molecular formula is C8H12N2O3S. The Morgan fingerprint density at radius 3 is 2.86 bits per heavy atom. The van der Waals surface area contributed by atoms with Crippen molar-refractivity contribution >= 4 is 10.0 Å². The van der Waals surface area contributed by atoms with Crippen LogP contribution in [0, 0.1) is 0 Å². The summed E-state index contributed by atoms with van der Waals surface area (Å²) in [6, 6.07) is 2.95. The summed E-state index contributed by atoms with van der Waals surface area (Å²) < 4.78 is 29.9. The highest BCUT2D eigenvalue weighted by molar-refractivity contribution is 7.89. The zero-order chi connectivity index (χ0) is 10.2. The number of hydrogen-bond acceptors (Lipinski definition) is 4. The highest BCUT2D eigenvalue weighted by Crippen LogP contribution is 2.20. The fourth-order valence-corrected chi connectivity index (χ4v) is 2.93. The largest absolute Gasteiger partial charge is 0.452 e. The van der Waals surface area contributed by atoms with E-state index in [1.54, 1.807) is 6.07 Å². The fourth-order valence-electron chi connectivity index (χ4n) is 1.51. The molecule has 0 unspecified atom stereocenters. The normalized spacial score (nSPS) is 24.2. The SMILES string of the molecule is N[C@H]1CCN(S(=O)(=O)c2ccco2)C1. The molecule has 1 aliphatic rings. The van der Waals surface area contributed by atoms with E-state index < -0.39 is 10.0 Å². The quantitative estimate of drug-likeness (QED) is 0.755. The molecule has 1 aliphatic heterocycles. The third-order valence-electron chi connectivity index (χ3n) is 2.28. The molecule has 1 aromatic heterocycles. The van der Waals surface area contributed by atoms with Gasteiger partial charge in [0.2, 0.25) is 5.09 Å². The minimum absolute atomic E-state index is 0.00778. The van der Waals surface area contributed by atoms with Crippen molar-refractivity contribution in [1.82, 2.24) is 4.31 Å². The maximum Gasteiger partial charge on any atom is 0.276 e. The summed E-state index contributed by atoms with van der Waals surface area (Å²) in [5.74, 6) is 0. The van der Waals surface area contributed by atoms with Gasteiger partial charge in [-0.05, 0) is 18.6 Å². The van der Waals surface area contributed by atoms with Gasteiger partial charge in [-0.15, -0.1) is 0 Å². The summed E-state index contributed by atoms with van der Waals surface area (Å²) in [5.41, 5.74) is 5.64. The highest BCUT2D eigenvalue weighted by atomic mass is 32.2. The Balaban J connectivity index is 2.26. The Morgan fingerprint density at radius 2 is 2.36 bits per heavy atom. The van der Waals surface area contributed by atoms with Gasteiger partial charge in [0.25, 0.3) is 10.0 Å². The summed E-state index contributed by atoms with van der Waals surface area (Å²) >= 11 is 0. The van der Waals surface area contributed by atoms with Gasteiger partial charge in [-0.3, -0.25) is 0 Å². The van der Waals surface area contributed by atoms with Gasteiger partial charge in [0.05, 0.1) is 6.26 Å². The second kappa shape index (κ2) is 3.38. The number of nitrogens with two attached hydrogens (primary N) is 1. The third-order valence-corrected chi connectivity index (χ3v) is 4.03. The Labute approximate surface area is 82.5 Å². The summed E-state index contributed by atoms with van der Waals surface area (Å²) in [7, 11) is -3.44. The van der Waals surface area contributed by atoms with Gasteiger partial charge >= 0.3 is 0 Å². The fraction of sp³-hybridized carbons (Fsp3) is 0.500. The van der Waals surface area contributed by atoms with Crippen LogP contribution in [0.25, 0.3) is 0 Å². The van der Waals surface area contributed by atoms with Crippen LogP contribution in [0.2, 0.25) is 0 Å². The van der Waals surface area contributed by atoms with E-state index in [2.05, 4.69) is 0 Å². The van der Waals surface area contributed by atoms with Crippen molar-refractivity contribution in [2.24, 2.45) is 5.73 Å². The Bertz CT molecular complexity index is 398. The van der Waals surface area contributed by atoms with Crippen LogP contribution >= 0.6 is 0 Å². The van der Waals surface area contributed by atoms with Crippen LogP contribution in [0.4, 0.5) is 0 Å². The van der Waals surface area contributed by atoms with Crippen LogP contribution in [0.3, 0.4) is 0 Å². The molecule has 5 nitrogen and oxygen atoms in total. The topological polar surface area (TPSA) is 76.5 Å². The molecule has 2 N–H and O–H groups in total. The minimum atomic E-state index is -3.44. The van der Waals surface area contributed by atoms with Crippen molar-refractivity contribution < 1.29 is 12.8 Å². The minimum Gasteiger partial charge on any atom is -0.452 e. The van der Waals surface area contributed by atoms with E-state index in [0.717, 1.165) is 0 Å². The first kappa shape index (κ1) is 9.70. The van der Waals surface area contributed by atoms with Crippen LogP contribution in [-0.2, 0) is 10.0 Å². The molecular weight excluding hydrogens is 204 g/mol. The Morgan fingerprint density at radius 1 is 1.57 bits per heavy atom. The van der Waals surface area contributed by atoms with Gasteiger partial charge in [-0.25, -0.2) is 8.42 Å². The zero-order valence-corrected chi connectivity index (χ0v) is 8.40. The summed E-state index contributed by atoms with van der Waals surface area (Å²) in [4.78, 5) is 0. The molecule has 2 heterocycles. The van der Waals surface area contributed by atoms with Crippen molar-refractivity contribution in [3.8, 4) is 0 Å². The molecule has 6 heteroatoms. The molecule has 1 saturated heterocycles. The molecule has 14 heavy (non-hydrogen) atoms. The molecule has 0 amide bonds. The van der Waals surface area contributed by atoms with Gasteiger partial charge in [0.1, 0.15) is 0 Å². The molecule has 0 aliphatic carbocycles. The van der Waals surface area contributed by atoms with Gasteiger partial charge < -0.3 is 10.2 Å². The van der Waals surface area contributed by atoms with E-state index in [4.69, 9.17) is 10.2 Å². The average Bonchev–Trinajstić information content (AvgIpc) is 2.72. The van der Waals surface area contributed by atoms with Gasteiger partial charge in [-0.1, -0.05) is 0 Å². The monoisotopic (exact) mass is 216 g/mol. The molecule has 1 atom stereocenters. The Kier molecular flexibility index (Phi) is 2.34. The summed E-state index contributed by atoms with van der Waals surface area (Å²) in [6.07, 6.45) is 2.06. The number of rotatable bonds is 2. The lowest BCUT2D eigenvalue weighted by molar-refractivity contribution is 0.409. The number of furan rings is 1. The molecule has 1 aromatic rings. The molecule has 2 rings (SSSR count). The lowest BCUT2D eigenvalue weighted by atomic mass is 10.3. The highest BCUT2D eigenvalue weighted by Gasteiger charge is 2.32. The first-order valence-electron chi connectivity index (χ1n) is 4.40. The zero-order valence-electron chi connectivity index (χ0n) is 7.59. The summed E-state index contributed by atoms with van der Waals surface area (Å²) in [6.45, 7) is 0.854. The predicted molar refractivity (Wildman–Crippen MR) is 50.1 cm³/mol. The van der Waals surface area contributed by atoms with E-state index in [1.807, 2.05) is 0 Å². The van der Waals surface area contributed by atoms with Crippen molar-refractivity contribution in [3.63, 3.8) is 0 Å². The van der Waals surface area contributed by atoms with Gasteiger partial charge in [0.15, 0.2) is 0 Å². The van der Waals surface area contributed by atoms with E-state index in [-0.39, 0.29) is 11.1 Å². The van der Waals surface area contributed by atoms with Crippen LogP contribution in [-0.4, -0.2) is 31.9 Å². The average molecular weight is 216 g/mol. The predicted octanol–water partition coefficient (Wildman–Crippen LogP) is 0.00130. The maximum atomic E-state index is 11.8. The van der Waals surface area contributed by atoms with Crippen molar-refractivity contribution in [3.05, 3.63) is 18.4 Å². The van der Waals surface area contributed by atoms with Crippen LogP contribution in [0.5, 0.6) is 0 Å². The van der Waals surface area contributed by atoms with Crippen molar-refractivity contribution in [2.45, 2.75) is 17.6 Å². The molecule has 0 spiro atoms. The number of hydrogen-bond donors (Lipinski definition) is 1. The molecule has 0 saturated carbocycles. The molecule has 0 bridgehead atoms. The molecule has 0 aromatic carbocycles. The molecule has 0 radical (unpaired) electrons. The first-order valence-corrected chi connectivity index (χ1v) is 5.84. The van der Waals surface area contributed by atoms with E-state index in [1.165, 1.54) is 16.6 Å². The third kappa shape index (κ3) is 1.56. The molecule has 78 valence electrons. The molecule has 1 fully saturated rings. The summed E-state index contributed by atoms with van der Waals surface area (Å²) in [5, 5.41) is -0.00778. The first-order chi connectivity index (χ1) is 6.60. The van der Waals surface area contributed by atoms with Gasteiger partial charge in [0, 0.05) is 19.1 Å². The van der Waals surface area contributed by atoms with E-state index in [0.29, 0.717) is 19.5 Å². The second-order valence-electron chi connectivity index (χ2n) is 3.34. The smallest absolute Gasteiger partial charge is 0.276 e. The van der Waals surface area contributed by atoms with Crippen LogP contribution < -0.4 is 5.73 Å². The van der Waals surface area contributed by atoms with Crippen molar-refractivity contribution in [1.29, 1.82) is 0 Å². The lowest BCUT2D eigenvalue weighted by Crippen LogP contribution is -2.31. The number of sulfonamides is 1. The van der Waals surface area contributed by atoms with Crippen molar-refractivity contribution in [2.75, 3.05) is 13.1 Å². The number of nitrogens with zero attached hydrogens (tertiary/aromatic N) is 1. The van der Waals surface area contributed by atoms with E-state index in [9.17, 15) is 8.42 Å². The van der Waals surface area contributed by atoms with Gasteiger partial charge in [-0.2, -0.15) is 4.31 Å². The Hall–Kier alpha value is -0.850. The lowest BCUT2D eigenvalue weighted by Gasteiger charge is -2.13. The van der Waals surface area contributed by atoms with Crippen LogP contribution in [0.15, 0.2) is 27.9 Å². The standard InChI is InChI=1S/C8H12N2O3S/c9-7-3-4-10(6-7)14(11,12)8-2-1-5-13-8/h1-2,5,7H,3-4,6,9H2/t7-/m0/s1. The second-order valence-corrected chi connectivity index (χ2v) is 5.21. The van der Waals surface area contributed by atoms with Crippen LogP contribution in [0.1, 0.15) is 6.42 Å². The van der Waals surface area contributed by atoms with E-state index >= 15 is 0 Å².